The molecular formula is C36H38N2O8. The molecule has 1 aliphatic rings. The van der Waals surface area contributed by atoms with Crippen molar-refractivity contribution < 1.29 is 39.5 Å². The highest BCUT2D eigenvalue weighted by atomic mass is 16.5. The van der Waals surface area contributed by atoms with E-state index in [-0.39, 0.29) is 11.9 Å². The van der Waals surface area contributed by atoms with Crippen molar-refractivity contribution in [1.29, 1.82) is 0 Å². The van der Waals surface area contributed by atoms with E-state index in [1.807, 2.05) is 41.3 Å². The van der Waals surface area contributed by atoms with Gasteiger partial charge in [-0.1, -0.05) is 84.9 Å². The van der Waals surface area contributed by atoms with E-state index < -0.39 is 24.1 Å². The summed E-state index contributed by atoms with van der Waals surface area (Å²) in [7, 11) is 0. The fourth-order valence-corrected chi connectivity index (χ4v) is 5.07. The lowest BCUT2D eigenvalue weighted by Crippen LogP contribution is -2.41. The lowest BCUT2D eigenvalue weighted by atomic mass is 9.98. The minimum atomic E-state index is -2.27. The second kappa shape index (κ2) is 16.3. The van der Waals surface area contributed by atoms with Crippen LogP contribution < -0.4 is 10.1 Å². The van der Waals surface area contributed by atoms with Crippen LogP contribution in [0.15, 0.2) is 103 Å². The Balaban J connectivity index is 0.000000416. The van der Waals surface area contributed by atoms with Gasteiger partial charge in [0.2, 0.25) is 0 Å². The largest absolute Gasteiger partial charge is 0.489 e. The molecule has 1 amide bonds. The van der Waals surface area contributed by atoms with Crippen molar-refractivity contribution in [3.63, 3.8) is 0 Å². The molecule has 0 spiro atoms. The lowest BCUT2D eigenvalue weighted by Gasteiger charge is -2.29. The number of hydrogen-bond acceptors (Lipinski definition) is 7. The maximum atomic E-state index is 13.1. The van der Waals surface area contributed by atoms with Gasteiger partial charge in [0.1, 0.15) is 12.4 Å². The van der Waals surface area contributed by atoms with Gasteiger partial charge in [-0.2, -0.15) is 0 Å². The molecule has 10 heteroatoms. The normalized spacial score (nSPS) is 14.2. The van der Waals surface area contributed by atoms with E-state index in [0.29, 0.717) is 13.2 Å². The van der Waals surface area contributed by atoms with E-state index in [4.69, 9.17) is 25.2 Å². The SMILES string of the molecule is C[C@H](NCCN1CCc2cc(OCc3ccccc3-c3ccccc3)ccc2C1=O)c1ccccc1.O=C(O)[C@H](O)[C@@H](O)C(=O)O. The Morgan fingerprint density at radius 2 is 1.43 bits per heavy atom. The quantitative estimate of drug-likeness (QED) is 0.156. The van der Waals surface area contributed by atoms with Crippen molar-refractivity contribution >= 4 is 17.8 Å². The molecule has 0 aromatic heterocycles. The van der Waals surface area contributed by atoms with Crippen molar-refractivity contribution in [3.05, 3.63) is 125 Å². The Kier molecular flexibility index (Phi) is 12.0. The van der Waals surface area contributed by atoms with Crippen molar-refractivity contribution in [2.24, 2.45) is 0 Å². The number of nitrogens with zero attached hydrogens (tertiary/aromatic N) is 1. The van der Waals surface area contributed by atoms with E-state index in [0.717, 1.165) is 42.0 Å². The number of aliphatic hydroxyl groups excluding tert-OH is 2. The smallest absolute Gasteiger partial charge is 0.335 e. The number of aliphatic hydroxyl groups is 2. The first kappa shape index (κ1) is 33.9. The van der Waals surface area contributed by atoms with Gasteiger partial charge in [0.25, 0.3) is 5.91 Å². The van der Waals surface area contributed by atoms with Gasteiger partial charge in [0.15, 0.2) is 12.2 Å². The van der Waals surface area contributed by atoms with Crippen LogP contribution in [0, 0.1) is 0 Å². The molecule has 0 saturated heterocycles. The molecule has 5 N–H and O–H groups in total. The molecule has 0 unspecified atom stereocenters. The molecule has 4 aromatic rings. The molecule has 5 rings (SSSR count). The summed E-state index contributed by atoms with van der Waals surface area (Å²) in [6, 6.07) is 35.2. The van der Waals surface area contributed by atoms with Crippen molar-refractivity contribution in [2.75, 3.05) is 19.6 Å². The standard InChI is InChI=1S/C32H32N2O2.C4H6O6/c1-24(25-10-4-2-5-11-25)33-19-21-34-20-18-27-22-29(16-17-31(27)32(34)35)36-23-28-14-8-9-15-30(28)26-12-6-3-7-13-26;5-1(3(7)8)2(6)4(9)10/h2-17,22,24,33H,18-21,23H2,1H3;1-2,5-6H,(H,7,8)(H,9,10)/t24-;1-,2-/m01/s1. The minimum absolute atomic E-state index is 0.103. The number of aliphatic carboxylic acids is 2. The fourth-order valence-electron chi connectivity index (χ4n) is 5.07. The first-order valence-corrected chi connectivity index (χ1v) is 14.9. The van der Waals surface area contributed by atoms with Crippen molar-refractivity contribution in [1.82, 2.24) is 10.2 Å². The second-order valence-corrected chi connectivity index (χ2v) is 10.8. The number of carboxylic acid groups (broad SMARTS) is 2. The summed E-state index contributed by atoms with van der Waals surface area (Å²) in [5.74, 6) is -2.63. The number of carbonyl (C=O) groups excluding carboxylic acids is 1. The van der Waals surface area contributed by atoms with Crippen LogP contribution in [0.3, 0.4) is 0 Å². The molecule has 240 valence electrons. The molecule has 10 nitrogen and oxygen atoms in total. The van der Waals surface area contributed by atoms with Gasteiger partial charge in [-0.3, -0.25) is 4.79 Å². The Morgan fingerprint density at radius 1 is 0.826 bits per heavy atom. The highest BCUT2D eigenvalue weighted by Crippen LogP contribution is 2.27. The van der Waals surface area contributed by atoms with Crippen LogP contribution in [-0.4, -0.2) is 75.0 Å². The number of nitrogens with one attached hydrogen (secondary N) is 1. The summed E-state index contributed by atoms with van der Waals surface area (Å²) in [6.07, 6.45) is -3.69. The molecule has 0 radical (unpaired) electrons. The summed E-state index contributed by atoms with van der Waals surface area (Å²) in [6.45, 7) is 4.83. The van der Waals surface area contributed by atoms with Gasteiger partial charge in [-0.15, -0.1) is 0 Å². The molecule has 1 aliphatic heterocycles. The number of benzene rings is 4. The van der Waals surface area contributed by atoms with Gasteiger partial charge in [0, 0.05) is 31.2 Å². The van der Waals surface area contributed by atoms with Gasteiger partial charge in [-0.05, 0) is 59.4 Å². The number of amides is 1. The van der Waals surface area contributed by atoms with Gasteiger partial charge in [-0.25, -0.2) is 9.59 Å². The van der Waals surface area contributed by atoms with Crippen LogP contribution in [0.1, 0.15) is 40.0 Å². The van der Waals surface area contributed by atoms with Crippen molar-refractivity contribution in [3.8, 4) is 16.9 Å². The average molecular weight is 627 g/mol. The summed E-state index contributed by atoms with van der Waals surface area (Å²) in [5, 5.41) is 36.1. The van der Waals surface area contributed by atoms with E-state index >= 15 is 0 Å². The Hall–Kier alpha value is -5.03. The molecule has 46 heavy (non-hydrogen) atoms. The second-order valence-electron chi connectivity index (χ2n) is 10.8. The highest BCUT2D eigenvalue weighted by Gasteiger charge is 2.29. The maximum Gasteiger partial charge on any atom is 0.335 e. The molecule has 0 bridgehead atoms. The van der Waals surface area contributed by atoms with E-state index in [9.17, 15) is 14.4 Å². The summed E-state index contributed by atoms with van der Waals surface area (Å²) in [4.78, 5) is 34.6. The van der Waals surface area contributed by atoms with E-state index in [1.165, 1.54) is 16.7 Å². The third kappa shape index (κ3) is 9.01. The third-order valence-electron chi connectivity index (χ3n) is 7.68. The fraction of sp³-hybridized carbons (Fsp3) is 0.250. The number of fused-ring (bicyclic) bond motifs is 1. The zero-order valence-electron chi connectivity index (χ0n) is 25.5. The number of carbonyl (C=O) groups is 3. The summed E-state index contributed by atoms with van der Waals surface area (Å²) >= 11 is 0. The highest BCUT2D eigenvalue weighted by molar-refractivity contribution is 5.97. The number of rotatable bonds is 12. The molecule has 1 heterocycles. The topological polar surface area (TPSA) is 157 Å². The van der Waals surface area contributed by atoms with Crippen LogP contribution in [0.5, 0.6) is 5.75 Å². The molecule has 0 aliphatic carbocycles. The number of hydrogen-bond donors (Lipinski definition) is 5. The lowest BCUT2D eigenvalue weighted by molar-refractivity contribution is -0.165. The van der Waals surface area contributed by atoms with E-state index in [2.05, 4.69) is 79.0 Å². The molecule has 0 fully saturated rings. The van der Waals surface area contributed by atoms with Crippen LogP contribution in [0.2, 0.25) is 0 Å². The van der Waals surface area contributed by atoms with Crippen molar-refractivity contribution in [2.45, 2.75) is 38.2 Å². The molecule has 0 saturated carbocycles. The monoisotopic (exact) mass is 626 g/mol. The molecule has 3 atom stereocenters. The first-order chi connectivity index (χ1) is 22.2. The zero-order valence-corrected chi connectivity index (χ0v) is 25.5. The zero-order chi connectivity index (χ0) is 33.1. The predicted molar refractivity (Wildman–Crippen MR) is 172 cm³/mol. The van der Waals surface area contributed by atoms with Gasteiger partial charge < -0.3 is 35.4 Å². The van der Waals surface area contributed by atoms with E-state index in [1.54, 1.807) is 0 Å². The Bertz CT molecular complexity index is 1600. The van der Waals surface area contributed by atoms with Gasteiger partial charge in [0.05, 0.1) is 0 Å². The van der Waals surface area contributed by atoms with Crippen LogP contribution in [0.25, 0.3) is 11.1 Å². The van der Waals surface area contributed by atoms with Crippen LogP contribution in [0.4, 0.5) is 0 Å². The number of carboxylic acids is 2. The Labute approximate surface area is 267 Å². The maximum absolute atomic E-state index is 13.1. The average Bonchev–Trinajstić information content (AvgIpc) is 3.08. The summed E-state index contributed by atoms with van der Waals surface area (Å²) in [5.41, 5.74) is 6.61. The van der Waals surface area contributed by atoms with Crippen LogP contribution >= 0.6 is 0 Å². The first-order valence-electron chi connectivity index (χ1n) is 14.9. The predicted octanol–water partition coefficient (Wildman–Crippen LogP) is 4.16. The summed E-state index contributed by atoms with van der Waals surface area (Å²) < 4.78 is 6.18. The number of ether oxygens (including phenoxy) is 1. The minimum Gasteiger partial charge on any atom is -0.489 e. The Morgan fingerprint density at radius 3 is 2.09 bits per heavy atom. The van der Waals surface area contributed by atoms with Crippen LogP contribution in [-0.2, 0) is 22.6 Å². The van der Waals surface area contributed by atoms with Gasteiger partial charge >= 0.3 is 11.9 Å². The molecule has 4 aromatic carbocycles. The molecular weight excluding hydrogens is 588 g/mol. The third-order valence-corrected chi connectivity index (χ3v) is 7.68.